The second-order valence-electron chi connectivity index (χ2n) is 7.07. The third kappa shape index (κ3) is 25.3. The van der Waals surface area contributed by atoms with Gasteiger partial charge in [0, 0.05) is 0 Å². The molecule has 4 saturated carbocycles. The quantitative estimate of drug-likeness (QED) is 0.420. The Morgan fingerprint density at radius 1 is 0.286 bits per heavy atom. The van der Waals surface area contributed by atoms with E-state index in [0.29, 0.717) is 0 Å². The molecule has 0 heterocycles. The fraction of sp³-hybridized carbons (Fsp3) is 1.00. The second-order valence-corrected chi connectivity index (χ2v) is 7.07. The lowest BCUT2D eigenvalue weighted by Crippen LogP contribution is -1.85. The highest BCUT2D eigenvalue weighted by Crippen LogP contribution is 2.16. The molecule has 4 aliphatic rings. The van der Waals surface area contributed by atoms with E-state index in [9.17, 15) is 0 Å². The summed E-state index contributed by atoms with van der Waals surface area (Å²) in [6, 6.07) is 0. The molecule has 0 aliphatic heterocycles. The SMILES string of the molecule is C1CC1.C1CCC1.C1CCCC1.C1CCCCC1.CCC. The van der Waals surface area contributed by atoms with Crippen LogP contribution in [0.15, 0.2) is 0 Å². The molecule has 0 N–H and O–H groups in total. The van der Waals surface area contributed by atoms with Gasteiger partial charge in [0.05, 0.1) is 0 Å². The van der Waals surface area contributed by atoms with Crippen LogP contribution in [0.2, 0.25) is 0 Å². The summed E-state index contributed by atoms with van der Waals surface area (Å²) in [5.41, 5.74) is 0. The standard InChI is InChI=1S/C6H12.C5H10.C4H8.C3H6.C3H8/c1-2-4-6-5-3-1;1-2-4-5-3-1;1-2-4-3-1;1-2-3-1;1-3-2/h1-6H2;1-5H2;1-4H2;1-3H2;3H2,1-2H3. The van der Waals surface area contributed by atoms with Gasteiger partial charge in [-0.25, -0.2) is 0 Å². The molecule has 0 heteroatoms. The van der Waals surface area contributed by atoms with Crippen LogP contribution in [-0.2, 0) is 0 Å². The fourth-order valence-corrected chi connectivity index (χ4v) is 2.19. The van der Waals surface area contributed by atoms with Crippen LogP contribution in [0.1, 0.15) is 136 Å². The van der Waals surface area contributed by atoms with Crippen LogP contribution in [0.3, 0.4) is 0 Å². The first kappa shape index (κ1) is 21.0. The van der Waals surface area contributed by atoms with Crippen molar-refractivity contribution in [3.8, 4) is 0 Å². The van der Waals surface area contributed by atoms with Gasteiger partial charge in [-0.3, -0.25) is 0 Å². The maximum Gasteiger partial charge on any atom is -0.0533 e. The summed E-state index contributed by atoms with van der Waals surface area (Å²) in [4.78, 5) is 0. The van der Waals surface area contributed by atoms with Crippen molar-refractivity contribution in [1.82, 2.24) is 0 Å². The van der Waals surface area contributed by atoms with Crippen LogP contribution in [0.5, 0.6) is 0 Å². The van der Waals surface area contributed by atoms with Gasteiger partial charge in [-0.1, -0.05) is 136 Å². The minimum Gasteiger partial charge on any atom is -0.0656 e. The van der Waals surface area contributed by atoms with Crippen molar-refractivity contribution in [3.05, 3.63) is 0 Å². The predicted octanol–water partition coefficient (Wildman–Crippen LogP) is 8.44. The van der Waals surface area contributed by atoms with Crippen molar-refractivity contribution in [2.45, 2.75) is 136 Å². The van der Waals surface area contributed by atoms with E-state index in [1.54, 1.807) is 0 Å². The van der Waals surface area contributed by atoms with Gasteiger partial charge in [0.25, 0.3) is 0 Å². The molecule has 0 nitrogen and oxygen atoms in total. The summed E-state index contributed by atoms with van der Waals surface area (Å²) in [7, 11) is 0. The highest BCUT2D eigenvalue weighted by molar-refractivity contribution is 4.52. The van der Waals surface area contributed by atoms with Gasteiger partial charge in [0.2, 0.25) is 0 Å². The second kappa shape index (κ2) is 20.0. The van der Waals surface area contributed by atoms with Crippen LogP contribution in [0, 0.1) is 0 Å². The lowest BCUT2D eigenvalue weighted by atomic mass is 10.0. The Kier molecular flexibility index (Phi) is 20.0. The topological polar surface area (TPSA) is 0 Å². The van der Waals surface area contributed by atoms with Crippen LogP contribution >= 0.6 is 0 Å². The van der Waals surface area contributed by atoms with Crippen molar-refractivity contribution in [2.24, 2.45) is 0 Å². The Balaban J connectivity index is 0.000000245. The molecule has 0 aromatic carbocycles. The molecular formula is C21H44. The monoisotopic (exact) mass is 296 g/mol. The minimum atomic E-state index is 1.25. The third-order valence-electron chi connectivity index (χ3n) is 4.10. The molecule has 4 fully saturated rings. The molecule has 0 spiro atoms. The third-order valence-corrected chi connectivity index (χ3v) is 4.10. The summed E-state index contributed by atoms with van der Waals surface area (Å²) in [6.45, 7) is 4.25. The van der Waals surface area contributed by atoms with Gasteiger partial charge in [-0.15, -0.1) is 0 Å². The van der Waals surface area contributed by atoms with E-state index in [4.69, 9.17) is 0 Å². The van der Waals surface area contributed by atoms with Gasteiger partial charge in [-0.2, -0.15) is 0 Å². The zero-order chi connectivity index (χ0) is 15.4. The Labute approximate surface area is 136 Å². The Morgan fingerprint density at radius 2 is 0.333 bits per heavy atom. The molecule has 0 unspecified atom stereocenters. The largest absolute Gasteiger partial charge is 0.0656 e. The summed E-state index contributed by atoms with van der Waals surface area (Å²) in [5, 5.41) is 0. The average Bonchev–Trinajstić information content (AvgIpc) is 3.22. The summed E-state index contributed by atoms with van der Waals surface area (Å²) >= 11 is 0. The molecule has 4 rings (SSSR count). The highest BCUT2D eigenvalue weighted by atomic mass is 14.0. The van der Waals surface area contributed by atoms with Gasteiger partial charge in [0.1, 0.15) is 0 Å². The van der Waals surface area contributed by atoms with Gasteiger partial charge in [-0.05, 0) is 0 Å². The van der Waals surface area contributed by atoms with E-state index in [2.05, 4.69) is 13.8 Å². The van der Waals surface area contributed by atoms with E-state index in [1.807, 2.05) is 0 Å². The zero-order valence-corrected chi connectivity index (χ0v) is 15.4. The molecule has 0 aromatic heterocycles. The van der Waals surface area contributed by atoms with Crippen LogP contribution < -0.4 is 0 Å². The van der Waals surface area contributed by atoms with Crippen LogP contribution in [0.25, 0.3) is 0 Å². The van der Waals surface area contributed by atoms with Gasteiger partial charge >= 0.3 is 0 Å². The first-order valence-electron chi connectivity index (χ1n) is 10.4. The van der Waals surface area contributed by atoms with E-state index in [-0.39, 0.29) is 0 Å². The highest BCUT2D eigenvalue weighted by Gasteiger charge is 1.96. The van der Waals surface area contributed by atoms with Gasteiger partial charge in [0.15, 0.2) is 0 Å². The van der Waals surface area contributed by atoms with Crippen molar-refractivity contribution in [3.63, 3.8) is 0 Å². The van der Waals surface area contributed by atoms with Gasteiger partial charge < -0.3 is 0 Å². The predicted molar refractivity (Wildman–Crippen MR) is 99.1 cm³/mol. The molecule has 0 bridgehead atoms. The minimum absolute atomic E-state index is 1.25. The molecular weight excluding hydrogens is 252 g/mol. The average molecular weight is 297 g/mol. The lowest BCUT2D eigenvalue weighted by molar-refractivity contribution is 0.504. The zero-order valence-electron chi connectivity index (χ0n) is 15.4. The van der Waals surface area contributed by atoms with E-state index in [0.717, 1.165) is 0 Å². The van der Waals surface area contributed by atoms with Crippen molar-refractivity contribution in [2.75, 3.05) is 0 Å². The Bertz CT molecular complexity index is 122. The Hall–Kier alpha value is 0. The van der Waals surface area contributed by atoms with Crippen molar-refractivity contribution < 1.29 is 0 Å². The number of rotatable bonds is 0. The number of hydrogen-bond acceptors (Lipinski definition) is 0. The van der Waals surface area contributed by atoms with Crippen molar-refractivity contribution in [1.29, 1.82) is 0 Å². The van der Waals surface area contributed by atoms with E-state index in [1.165, 1.54) is 122 Å². The van der Waals surface area contributed by atoms with E-state index < -0.39 is 0 Å². The molecule has 128 valence electrons. The number of hydrogen-bond donors (Lipinski definition) is 0. The molecule has 0 atom stereocenters. The smallest absolute Gasteiger partial charge is 0.0533 e. The Morgan fingerprint density at radius 3 is 0.381 bits per heavy atom. The summed E-state index contributed by atoms with van der Waals surface area (Å²) in [6.07, 6.45) is 28.2. The first-order valence-corrected chi connectivity index (χ1v) is 10.4. The van der Waals surface area contributed by atoms with Crippen LogP contribution in [-0.4, -0.2) is 0 Å². The molecule has 0 saturated heterocycles. The molecule has 0 amide bonds. The molecule has 4 aliphatic carbocycles. The van der Waals surface area contributed by atoms with Crippen molar-refractivity contribution >= 4 is 0 Å². The first-order chi connectivity index (χ1) is 10.4. The normalized spacial score (nSPS) is 21.4. The fourth-order valence-electron chi connectivity index (χ4n) is 2.19. The molecule has 21 heavy (non-hydrogen) atoms. The maximum atomic E-state index is 2.12. The summed E-state index contributed by atoms with van der Waals surface area (Å²) < 4.78 is 0. The van der Waals surface area contributed by atoms with Crippen LogP contribution in [0.4, 0.5) is 0 Å². The molecule has 0 aromatic rings. The maximum absolute atomic E-state index is 2.12. The molecule has 0 radical (unpaired) electrons. The lowest BCUT2D eigenvalue weighted by Gasteiger charge is -2.05. The summed E-state index contributed by atoms with van der Waals surface area (Å²) in [5.74, 6) is 0. The van der Waals surface area contributed by atoms with E-state index >= 15 is 0 Å².